The molecular formula is C12H11Cl2NO4. The molecule has 0 aliphatic carbocycles. The Kier molecular flexibility index (Phi) is 3.87. The fraction of sp³-hybridized carbons (Fsp3) is 0.333. The van der Waals surface area contributed by atoms with Crippen molar-refractivity contribution < 1.29 is 19.4 Å². The molecule has 2 rings (SSSR count). The molecule has 5 nitrogen and oxygen atoms in total. The lowest BCUT2D eigenvalue weighted by Crippen LogP contribution is -2.26. The minimum Gasteiger partial charge on any atom is -0.504 e. The molecule has 0 spiro atoms. The molecule has 1 N–H and O–H groups in total. The minimum atomic E-state index is -0.547. The lowest BCUT2D eigenvalue weighted by molar-refractivity contribution is -0.145. The van der Waals surface area contributed by atoms with Gasteiger partial charge in [-0.2, -0.15) is 0 Å². The van der Waals surface area contributed by atoms with Crippen LogP contribution in [0.15, 0.2) is 12.1 Å². The van der Waals surface area contributed by atoms with E-state index in [2.05, 4.69) is 4.74 Å². The average molecular weight is 304 g/mol. The summed E-state index contributed by atoms with van der Waals surface area (Å²) < 4.78 is 4.61. The van der Waals surface area contributed by atoms with Crippen LogP contribution in [0, 0.1) is 5.92 Å². The van der Waals surface area contributed by atoms with Crippen LogP contribution in [0.5, 0.6) is 5.75 Å². The summed E-state index contributed by atoms with van der Waals surface area (Å²) in [7, 11) is 1.27. The summed E-state index contributed by atoms with van der Waals surface area (Å²) in [4.78, 5) is 24.6. The van der Waals surface area contributed by atoms with Crippen LogP contribution in [-0.4, -0.2) is 30.6 Å². The first-order valence-electron chi connectivity index (χ1n) is 5.50. The summed E-state index contributed by atoms with van der Waals surface area (Å²) >= 11 is 11.7. The number of carbonyl (C=O) groups excluding carboxylic acids is 2. The maximum Gasteiger partial charge on any atom is 0.311 e. The molecule has 1 saturated heterocycles. The first-order chi connectivity index (χ1) is 8.93. The molecule has 1 aromatic carbocycles. The molecule has 1 unspecified atom stereocenters. The Morgan fingerprint density at radius 3 is 2.79 bits per heavy atom. The number of anilines is 1. The van der Waals surface area contributed by atoms with E-state index in [9.17, 15) is 14.7 Å². The number of benzene rings is 1. The molecule has 0 bridgehead atoms. The van der Waals surface area contributed by atoms with Gasteiger partial charge in [-0.15, -0.1) is 0 Å². The molecule has 1 amide bonds. The van der Waals surface area contributed by atoms with Crippen LogP contribution in [0.25, 0.3) is 0 Å². The molecule has 0 saturated carbocycles. The molecule has 1 aliphatic rings. The van der Waals surface area contributed by atoms with Crippen molar-refractivity contribution in [1.29, 1.82) is 0 Å². The predicted molar refractivity (Wildman–Crippen MR) is 70.6 cm³/mol. The number of aromatic hydroxyl groups is 1. The molecule has 1 heterocycles. The lowest BCUT2D eigenvalue weighted by Gasteiger charge is -2.18. The van der Waals surface area contributed by atoms with Gasteiger partial charge in [-0.05, 0) is 12.1 Å². The molecule has 7 heteroatoms. The summed E-state index contributed by atoms with van der Waals surface area (Å²) in [5, 5.41) is 10.2. The topological polar surface area (TPSA) is 66.8 Å². The van der Waals surface area contributed by atoms with E-state index >= 15 is 0 Å². The van der Waals surface area contributed by atoms with Crippen molar-refractivity contribution in [2.75, 3.05) is 18.6 Å². The first kappa shape index (κ1) is 14.0. The lowest BCUT2D eigenvalue weighted by atomic mass is 10.1. The van der Waals surface area contributed by atoms with Gasteiger partial charge in [-0.25, -0.2) is 0 Å². The number of rotatable bonds is 2. The second-order valence-electron chi connectivity index (χ2n) is 4.18. The van der Waals surface area contributed by atoms with E-state index in [4.69, 9.17) is 23.2 Å². The second kappa shape index (κ2) is 5.27. The van der Waals surface area contributed by atoms with E-state index in [-0.39, 0.29) is 35.3 Å². The SMILES string of the molecule is COC(=O)C1CC(=O)N(c2cc(Cl)cc(Cl)c2O)C1. The van der Waals surface area contributed by atoms with Crippen molar-refractivity contribution in [3.8, 4) is 5.75 Å². The molecule has 1 fully saturated rings. The third-order valence-corrected chi connectivity index (χ3v) is 3.46. The number of halogens is 2. The number of carbonyl (C=O) groups is 2. The van der Waals surface area contributed by atoms with Crippen LogP contribution in [0.2, 0.25) is 10.0 Å². The van der Waals surface area contributed by atoms with Gasteiger partial charge in [0.2, 0.25) is 5.91 Å². The summed E-state index contributed by atoms with van der Waals surface area (Å²) in [5.41, 5.74) is 0.203. The smallest absolute Gasteiger partial charge is 0.311 e. The van der Waals surface area contributed by atoms with Gasteiger partial charge < -0.3 is 14.7 Å². The van der Waals surface area contributed by atoms with Crippen LogP contribution < -0.4 is 4.90 Å². The number of methoxy groups -OCH3 is 1. The largest absolute Gasteiger partial charge is 0.504 e. The van der Waals surface area contributed by atoms with Gasteiger partial charge in [0.05, 0.1) is 23.7 Å². The second-order valence-corrected chi connectivity index (χ2v) is 5.03. The van der Waals surface area contributed by atoms with Crippen molar-refractivity contribution >= 4 is 40.8 Å². The highest BCUT2D eigenvalue weighted by Crippen LogP contribution is 2.39. The number of hydrogen-bond donors (Lipinski definition) is 1. The highest BCUT2D eigenvalue weighted by Gasteiger charge is 2.37. The van der Waals surface area contributed by atoms with E-state index in [0.717, 1.165) is 0 Å². The van der Waals surface area contributed by atoms with Gasteiger partial charge in [-0.3, -0.25) is 9.59 Å². The Morgan fingerprint density at radius 1 is 1.47 bits per heavy atom. The zero-order valence-electron chi connectivity index (χ0n) is 10.0. The molecular weight excluding hydrogens is 293 g/mol. The average Bonchev–Trinajstić information content (AvgIpc) is 2.75. The van der Waals surface area contributed by atoms with Gasteiger partial charge >= 0.3 is 5.97 Å². The Morgan fingerprint density at radius 2 is 2.16 bits per heavy atom. The number of phenols is 1. The monoisotopic (exact) mass is 303 g/mol. The number of phenolic OH excluding ortho intramolecular Hbond substituents is 1. The number of esters is 1. The normalized spacial score (nSPS) is 18.8. The molecule has 1 atom stereocenters. The Balaban J connectivity index is 2.33. The van der Waals surface area contributed by atoms with Gasteiger partial charge in [0.1, 0.15) is 0 Å². The van der Waals surface area contributed by atoms with Crippen LogP contribution >= 0.6 is 23.2 Å². The summed E-state index contributed by atoms with van der Waals surface area (Å²) in [5.74, 6) is -1.52. The standard InChI is InChI=1S/C12H11Cl2NO4/c1-19-12(18)6-2-10(16)15(5-6)9-4-7(13)3-8(14)11(9)17/h3-4,6,17H,2,5H2,1H3. The molecule has 1 aromatic rings. The number of ether oxygens (including phenoxy) is 1. The zero-order chi connectivity index (χ0) is 14.2. The van der Waals surface area contributed by atoms with Crippen LogP contribution in [0.1, 0.15) is 6.42 Å². The number of amides is 1. The van der Waals surface area contributed by atoms with Crippen molar-refractivity contribution in [3.63, 3.8) is 0 Å². The van der Waals surface area contributed by atoms with Crippen LogP contribution in [-0.2, 0) is 14.3 Å². The Labute approximate surface area is 119 Å². The van der Waals surface area contributed by atoms with Gasteiger partial charge in [0, 0.05) is 18.0 Å². The first-order valence-corrected chi connectivity index (χ1v) is 6.25. The third-order valence-electron chi connectivity index (χ3n) is 2.96. The van der Waals surface area contributed by atoms with Crippen molar-refractivity contribution in [1.82, 2.24) is 0 Å². The highest BCUT2D eigenvalue weighted by atomic mass is 35.5. The molecule has 0 aromatic heterocycles. The van der Waals surface area contributed by atoms with E-state index in [1.807, 2.05) is 0 Å². The maximum atomic E-state index is 11.9. The quantitative estimate of drug-likeness (QED) is 0.851. The number of hydrogen-bond acceptors (Lipinski definition) is 4. The van der Waals surface area contributed by atoms with Gasteiger partial charge in [0.15, 0.2) is 5.75 Å². The maximum absolute atomic E-state index is 11.9. The third kappa shape index (κ3) is 2.62. The van der Waals surface area contributed by atoms with Crippen LogP contribution in [0.3, 0.4) is 0 Å². The summed E-state index contributed by atoms with van der Waals surface area (Å²) in [6.07, 6.45) is 0.0379. The minimum absolute atomic E-state index is 0.0379. The molecule has 0 radical (unpaired) electrons. The summed E-state index contributed by atoms with van der Waals surface area (Å²) in [6.45, 7) is 0.135. The van der Waals surface area contributed by atoms with E-state index < -0.39 is 11.9 Å². The van der Waals surface area contributed by atoms with Crippen molar-refractivity contribution in [2.45, 2.75) is 6.42 Å². The Bertz CT molecular complexity index is 547. The van der Waals surface area contributed by atoms with Gasteiger partial charge in [-0.1, -0.05) is 23.2 Å². The zero-order valence-corrected chi connectivity index (χ0v) is 11.5. The molecule has 1 aliphatic heterocycles. The van der Waals surface area contributed by atoms with Crippen molar-refractivity contribution in [2.24, 2.45) is 5.92 Å². The van der Waals surface area contributed by atoms with Crippen LogP contribution in [0.4, 0.5) is 5.69 Å². The van der Waals surface area contributed by atoms with E-state index in [1.165, 1.54) is 24.1 Å². The van der Waals surface area contributed by atoms with E-state index in [0.29, 0.717) is 5.02 Å². The predicted octanol–water partition coefficient (Wildman–Crippen LogP) is 2.22. The molecule has 102 valence electrons. The summed E-state index contributed by atoms with van der Waals surface area (Å²) in [6, 6.07) is 2.81. The van der Waals surface area contributed by atoms with E-state index in [1.54, 1.807) is 0 Å². The number of nitrogens with zero attached hydrogens (tertiary/aromatic N) is 1. The highest BCUT2D eigenvalue weighted by molar-refractivity contribution is 6.36. The fourth-order valence-electron chi connectivity index (χ4n) is 2.02. The van der Waals surface area contributed by atoms with Crippen molar-refractivity contribution in [3.05, 3.63) is 22.2 Å². The Hall–Kier alpha value is -1.46. The molecule has 19 heavy (non-hydrogen) atoms. The van der Waals surface area contributed by atoms with Gasteiger partial charge in [0.25, 0.3) is 0 Å². The fourth-order valence-corrected chi connectivity index (χ4v) is 2.51.